The summed E-state index contributed by atoms with van der Waals surface area (Å²) in [6, 6.07) is 14.0. The van der Waals surface area contributed by atoms with E-state index in [4.69, 9.17) is 11.6 Å². The van der Waals surface area contributed by atoms with Crippen molar-refractivity contribution in [3.8, 4) is 0 Å². The Morgan fingerprint density at radius 2 is 1.56 bits per heavy atom. The van der Waals surface area contributed by atoms with Crippen LogP contribution >= 0.6 is 11.6 Å². The van der Waals surface area contributed by atoms with E-state index in [1.54, 1.807) is 47.4 Å². The normalized spacial score (nSPS) is 16.0. The van der Waals surface area contributed by atoms with E-state index in [0.29, 0.717) is 18.1 Å². The van der Waals surface area contributed by atoms with Gasteiger partial charge >= 0.3 is 0 Å². The van der Waals surface area contributed by atoms with Crippen molar-refractivity contribution >= 4 is 33.6 Å². The van der Waals surface area contributed by atoms with Gasteiger partial charge in [-0.15, -0.1) is 0 Å². The van der Waals surface area contributed by atoms with E-state index >= 15 is 0 Å². The predicted octanol–water partition coefficient (Wildman–Crippen LogP) is 3.19. The topological polar surface area (TPSA) is 57.7 Å². The van der Waals surface area contributed by atoms with E-state index in [0.717, 1.165) is 11.1 Å². The Labute approximate surface area is 164 Å². The first-order valence-electron chi connectivity index (χ1n) is 8.66. The Balaban J connectivity index is 1.60. The molecule has 1 amide bonds. The number of carbonyl (C=O) groups is 1. The van der Waals surface area contributed by atoms with Crippen LogP contribution in [0.5, 0.6) is 0 Å². The van der Waals surface area contributed by atoms with E-state index in [2.05, 4.69) is 0 Å². The molecular weight excluding hydrogens is 384 g/mol. The van der Waals surface area contributed by atoms with Gasteiger partial charge in [0, 0.05) is 37.3 Å². The van der Waals surface area contributed by atoms with E-state index in [9.17, 15) is 13.2 Å². The summed E-state index contributed by atoms with van der Waals surface area (Å²) in [7, 11) is -3.52. The number of halogens is 1. The van der Waals surface area contributed by atoms with Gasteiger partial charge in [-0.2, -0.15) is 4.31 Å². The first-order valence-corrected chi connectivity index (χ1v) is 10.5. The minimum absolute atomic E-state index is 0.127. The van der Waals surface area contributed by atoms with Crippen molar-refractivity contribution in [2.45, 2.75) is 11.8 Å². The van der Waals surface area contributed by atoms with Crippen LogP contribution in [-0.2, 0) is 14.8 Å². The zero-order chi connectivity index (χ0) is 19.4. The summed E-state index contributed by atoms with van der Waals surface area (Å²) in [6.07, 6.45) is 3.24. The lowest BCUT2D eigenvalue weighted by Gasteiger charge is -2.33. The molecule has 2 aromatic rings. The zero-order valence-corrected chi connectivity index (χ0v) is 16.6. The van der Waals surface area contributed by atoms with Crippen LogP contribution in [0.1, 0.15) is 11.1 Å². The molecule has 1 aliphatic rings. The van der Waals surface area contributed by atoms with Crippen LogP contribution in [0.3, 0.4) is 0 Å². The Kier molecular flexibility index (Phi) is 5.99. The number of carbonyl (C=O) groups excluding carboxylic acids is 1. The second-order valence-electron chi connectivity index (χ2n) is 6.43. The minimum atomic E-state index is -3.52. The molecule has 0 atom stereocenters. The molecule has 0 aromatic heterocycles. The van der Waals surface area contributed by atoms with Gasteiger partial charge in [0.1, 0.15) is 0 Å². The van der Waals surface area contributed by atoms with Crippen molar-refractivity contribution in [1.82, 2.24) is 9.21 Å². The highest BCUT2D eigenvalue weighted by Gasteiger charge is 2.29. The van der Waals surface area contributed by atoms with Gasteiger partial charge in [0.15, 0.2) is 0 Å². The standard InChI is InChI=1S/C20H21ClN2O3S/c1-16-2-9-19(10-3-16)27(25,26)23-14-12-22(13-15-23)20(24)11-6-17-4-7-18(21)8-5-17/h2-11H,12-15H2,1H3/b11-6+. The summed E-state index contributed by atoms with van der Waals surface area (Å²) in [6.45, 7) is 3.23. The number of sulfonamides is 1. The monoisotopic (exact) mass is 404 g/mol. The van der Waals surface area contributed by atoms with Gasteiger partial charge in [0.2, 0.25) is 15.9 Å². The van der Waals surface area contributed by atoms with Crippen molar-refractivity contribution in [2.75, 3.05) is 26.2 Å². The SMILES string of the molecule is Cc1ccc(S(=O)(=O)N2CCN(C(=O)/C=C/c3ccc(Cl)cc3)CC2)cc1. The molecule has 0 N–H and O–H groups in total. The van der Waals surface area contributed by atoms with Gasteiger partial charge in [0.25, 0.3) is 0 Å². The molecule has 27 heavy (non-hydrogen) atoms. The minimum Gasteiger partial charge on any atom is -0.337 e. The van der Waals surface area contributed by atoms with Crippen LogP contribution in [0.15, 0.2) is 59.5 Å². The lowest BCUT2D eigenvalue weighted by molar-refractivity contribution is -0.127. The van der Waals surface area contributed by atoms with Crippen LogP contribution in [0.4, 0.5) is 0 Å². The van der Waals surface area contributed by atoms with Gasteiger partial charge in [-0.05, 0) is 42.8 Å². The third-order valence-corrected chi connectivity index (χ3v) is 6.66. The van der Waals surface area contributed by atoms with Crippen LogP contribution in [0.25, 0.3) is 6.08 Å². The van der Waals surface area contributed by atoms with Gasteiger partial charge in [-0.3, -0.25) is 4.79 Å². The Bertz CT molecular complexity index is 930. The molecule has 0 spiro atoms. The average molecular weight is 405 g/mol. The van der Waals surface area contributed by atoms with Gasteiger partial charge in [-0.25, -0.2) is 8.42 Å². The summed E-state index contributed by atoms with van der Waals surface area (Å²) >= 11 is 5.85. The summed E-state index contributed by atoms with van der Waals surface area (Å²) in [5, 5.41) is 0.643. The van der Waals surface area contributed by atoms with E-state index in [1.165, 1.54) is 10.4 Å². The molecule has 0 radical (unpaired) electrons. The summed E-state index contributed by atoms with van der Waals surface area (Å²) in [5.41, 5.74) is 1.89. The van der Waals surface area contributed by atoms with Gasteiger partial charge < -0.3 is 4.90 Å². The quantitative estimate of drug-likeness (QED) is 0.735. The highest BCUT2D eigenvalue weighted by Crippen LogP contribution is 2.18. The molecule has 3 rings (SSSR count). The van der Waals surface area contributed by atoms with Crippen molar-refractivity contribution in [2.24, 2.45) is 0 Å². The van der Waals surface area contributed by atoms with E-state index in [1.807, 2.05) is 19.1 Å². The Morgan fingerprint density at radius 1 is 0.963 bits per heavy atom. The molecule has 0 bridgehead atoms. The summed E-state index contributed by atoms with van der Waals surface area (Å²) in [5.74, 6) is -0.127. The molecule has 0 saturated carbocycles. The molecule has 5 nitrogen and oxygen atoms in total. The largest absolute Gasteiger partial charge is 0.337 e. The maximum Gasteiger partial charge on any atom is 0.246 e. The van der Waals surface area contributed by atoms with Crippen molar-refractivity contribution in [3.63, 3.8) is 0 Å². The molecule has 0 aliphatic carbocycles. The summed E-state index contributed by atoms with van der Waals surface area (Å²) < 4.78 is 26.9. The maximum absolute atomic E-state index is 12.7. The molecule has 0 unspecified atom stereocenters. The van der Waals surface area contributed by atoms with Crippen LogP contribution in [0, 0.1) is 6.92 Å². The van der Waals surface area contributed by atoms with Crippen molar-refractivity contribution in [3.05, 3.63) is 70.8 Å². The Morgan fingerprint density at radius 3 is 2.15 bits per heavy atom. The number of rotatable bonds is 4. The molecule has 1 saturated heterocycles. The second kappa shape index (κ2) is 8.25. The molecule has 7 heteroatoms. The maximum atomic E-state index is 12.7. The smallest absolute Gasteiger partial charge is 0.246 e. The second-order valence-corrected chi connectivity index (χ2v) is 8.80. The highest BCUT2D eigenvalue weighted by molar-refractivity contribution is 7.89. The first-order chi connectivity index (χ1) is 12.9. The molecule has 1 heterocycles. The van der Waals surface area contributed by atoms with Gasteiger partial charge in [-0.1, -0.05) is 41.4 Å². The molecule has 142 valence electrons. The van der Waals surface area contributed by atoms with Crippen molar-refractivity contribution in [1.29, 1.82) is 0 Å². The van der Waals surface area contributed by atoms with Crippen LogP contribution < -0.4 is 0 Å². The first kappa shape index (κ1) is 19.6. The fourth-order valence-electron chi connectivity index (χ4n) is 2.85. The molecule has 1 fully saturated rings. The fourth-order valence-corrected chi connectivity index (χ4v) is 4.40. The number of piperazine rings is 1. The third-order valence-electron chi connectivity index (χ3n) is 4.50. The molecule has 2 aromatic carbocycles. The Hall–Kier alpha value is -2.15. The van der Waals surface area contributed by atoms with E-state index < -0.39 is 10.0 Å². The lowest BCUT2D eigenvalue weighted by Crippen LogP contribution is -2.50. The molecule has 1 aliphatic heterocycles. The van der Waals surface area contributed by atoms with Crippen molar-refractivity contribution < 1.29 is 13.2 Å². The highest BCUT2D eigenvalue weighted by atomic mass is 35.5. The fraction of sp³-hybridized carbons (Fsp3) is 0.250. The van der Waals surface area contributed by atoms with E-state index in [-0.39, 0.29) is 23.9 Å². The third kappa shape index (κ3) is 4.77. The number of aryl methyl sites for hydroxylation is 1. The number of hydrogen-bond acceptors (Lipinski definition) is 3. The number of amides is 1. The van der Waals surface area contributed by atoms with Crippen LogP contribution in [0.2, 0.25) is 5.02 Å². The number of hydrogen-bond donors (Lipinski definition) is 0. The zero-order valence-electron chi connectivity index (χ0n) is 15.0. The van der Waals surface area contributed by atoms with Gasteiger partial charge in [0.05, 0.1) is 4.90 Å². The van der Waals surface area contributed by atoms with Crippen LogP contribution in [-0.4, -0.2) is 49.7 Å². The summed E-state index contributed by atoms with van der Waals surface area (Å²) in [4.78, 5) is 14.3. The number of benzene rings is 2. The molecular formula is C20H21ClN2O3S. The number of nitrogens with zero attached hydrogens (tertiary/aromatic N) is 2. The average Bonchev–Trinajstić information content (AvgIpc) is 2.68. The lowest BCUT2D eigenvalue weighted by atomic mass is 10.2. The predicted molar refractivity (Wildman–Crippen MR) is 107 cm³/mol.